The molecule has 1 aromatic carbocycles. The summed E-state index contributed by atoms with van der Waals surface area (Å²) in [5.74, 6) is 0.221. The van der Waals surface area contributed by atoms with Crippen molar-refractivity contribution in [3.63, 3.8) is 0 Å². The summed E-state index contributed by atoms with van der Waals surface area (Å²) in [4.78, 5) is 27.3. The molecule has 1 aromatic rings. The van der Waals surface area contributed by atoms with Crippen molar-refractivity contribution in [3.8, 4) is 11.5 Å². The summed E-state index contributed by atoms with van der Waals surface area (Å²) in [7, 11) is -2.97. The van der Waals surface area contributed by atoms with Gasteiger partial charge in [0.2, 0.25) is 0 Å². The molecule has 0 spiro atoms. The molecule has 0 N–H and O–H groups in total. The van der Waals surface area contributed by atoms with E-state index in [-0.39, 0.29) is 39.0 Å². The van der Waals surface area contributed by atoms with Crippen molar-refractivity contribution in [3.05, 3.63) is 39.6 Å². The van der Waals surface area contributed by atoms with Gasteiger partial charge in [-0.15, -0.1) is 0 Å². The first kappa shape index (κ1) is 33.0. The molecule has 10 heteroatoms. The molecule has 220 valence electrons. The zero-order valence-corrected chi connectivity index (χ0v) is 28.3. The van der Waals surface area contributed by atoms with Crippen LogP contribution in [0.15, 0.2) is 23.9 Å². The van der Waals surface area contributed by atoms with Crippen LogP contribution >= 0.6 is 0 Å². The van der Waals surface area contributed by atoms with Gasteiger partial charge in [-0.3, -0.25) is 14.9 Å². The second-order valence-electron chi connectivity index (χ2n) is 13.3. The van der Waals surface area contributed by atoms with Crippen LogP contribution in [0.2, 0.25) is 34.8 Å². The molecule has 0 aromatic heterocycles. The smallest absolute Gasteiger partial charge is 0.286 e. The lowest BCUT2D eigenvalue weighted by atomic mass is 10.1. The SMILES string of the molecule is COc1cc(C(=O)N2C=C(C)C[C@H]2CO[Si](C)(C)C(C)(C)C)c([N+](=O)[O-])cc1O[Si](C(C)C)(C(C)C)C(C)C. The van der Waals surface area contributed by atoms with Crippen LogP contribution in [-0.4, -0.2) is 52.1 Å². The first-order valence-electron chi connectivity index (χ1n) is 14.0. The fourth-order valence-electron chi connectivity index (χ4n) is 5.54. The van der Waals surface area contributed by atoms with Crippen LogP contribution in [0.3, 0.4) is 0 Å². The van der Waals surface area contributed by atoms with Crippen molar-refractivity contribution >= 4 is 28.2 Å². The molecule has 0 fully saturated rings. The van der Waals surface area contributed by atoms with Crippen molar-refractivity contribution in [1.29, 1.82) is 0 Å². The summed E-state index contributed by atoms with van der Waals surface area (Å²) >= 11 is 0. The molecule has 0 radical (unpaired) electrons. The maximum Gasteiger partial charge on any atom is 0.286 e. The highest BCUT2D eigenvalue weighted by Crippen LogP contribution is 2.46. The lowest BCUT2D eigenvalue weighted by molar-refractivity contribution is -0.385. The average molecular weight is 579 g/mol. The van der Waals surface area contributed by atoms with Crippen LogP contribution in [0.5, 0.6) is 11.5 Å². The monoisotopic (exact) mass is 578 g/mol. The Morgan fingerprint density at radius 2 is 1.62 bits per heavy atom. The van der Waals surface area contributed by atoms with Crippen LogP contribution in [0, 0.1) is 10.1 Å². The van der Waals surface area contributed by atoms with Gasteiger partial charge < -0.3 is 18.5 Å². The van der Waals surface area contributed by atoms with Gasteiger partial charge in [0.05, 0.1) is 30.7 Å². The van der Waals surface area contributed by atoms with Crippen molar-refractivity contribution in [2.75, 3.05) is 13.7 Å². The molecule has 2 rings (SSSR count). The van der Waals surface area contributed by atoms with Crippen molar-refractivity contribution < 1.29 is 23.3 Å². The van der Waals surface area contributed by atoms with E-state index in [0.29, 0.717) is 24.5 Å². The van der Waals surface area contributed by atoms with E-state index >= 15 is 0 Å². The molecule has 1 aliphatic heterocycles. The van der Waals surface area contributed by atoms with Gasteiger partial charge in [-0.25, -0.2) is 0 Å². The van der Waals surface area contributed by atoms with E-state index in [1.54, 1.807) is 11.1 Å². The van der Waals surface area contributed by atoms with Crippen LogP contribution < -0.4 is 9.16 Å². The Bertz CT molecular complexity index is 1070. The maximum atomic E-state index is 13.9. The number of nitro groups is 1. The molecule has 1 heterocycles. The Hall–Kier alpha value is -2.18. The van der Waals surface area contributed by atoms with E-state index in [9.17, 15) is 14.9 Å². The van der Waals surface area contributed by atoms with Gasteiger partial charge in [-0.1, -0.05) is 67.9 Å². The quantitative estimate of drug-likeness (QED) is 0.149. The Labute approximate surface area is 237 Å². The number of amides is 1. The fraction of sp³-hybridized carbons (Fsp3) is 0.690. The predicted molar refractivity (Wildman–Crippen MR) is 163 cm³/mol. The number of hydrogen-bond donors (Lipinski definition) is 0. The van der Waals surface area contributed by atoms with Gasteiger partial charge in [0.15, 0.2) is 19.8 Å². The minimum absolute atomic E-state index is 0.0154. The van der Waals surface area contributed by atoms with Gasteiger partial charge in [-0.05, 0) is 48.1 Å². The third kappa shape index (κ3) is 6.77. The molecular weight excluding hydrogens is 528 g/mol. The fourth-order valence-corrected chi connectivity index (χ4v) is 11.8. The number of methoxy groups -OCH3 is 1. The number of nitro benzene ring substituents is 1. The summed E-state index contributed by atoms with van der Waals surface area (Å²) < 4.78 is 18.9. The largest absolute Gasteiger partial charge is 0.540 e. The molecule has 0 saturated carbocycles. The first-order valence-corrected chi connectivity index (χ1v) is 19.0. The number of rotatable bonds is 11. The molecule has 0 aliphatic carbocycles. The number of carbonyl (C=O) groups excluding carboxylic acids is 1. The summed E-state index contributed by atoms with van der Waals surface area (Å²) in [5, 5.41) is 12.3. The lowest BCUT2D eigenvalue weighted by Crippen LogP contribution is -2.50. The molecule has 8 nitrogen and oxygen atoms in total. The highest BCUT2D eigenvalue weighted by molar-refractivity contribution is 6.78. The normalized spacial score (nSPS) is 16.8. The summed E-state index contributed by atoms with van der Waals surface area (Å²) in [6.45, 7) is 26.1. The van der Waals surface area contributed by atoms with E-state index < -0.39 is 27.5 Å². The lowest BCUT2D eigenvalue weighted by Gasteiger charge is -2.42. The van der Waals surface area contributed by atoms with E-state index in [1.807, 2.05) is 6.92 Å². The highest BCUT2D eigenvalue weighted by atomic mass is 28.4. The Morgan fingerprint density at radius 3 is 2.05 bits per heavy atom. The number of carbonyl (C=O) groups is 1. The molecule has 0 unspecified atom stereocenters. The van der Waals surface area contributed by atoms with Gasteiger partial charge in [0.25, 0.3) is 19.9 Å². The molecule has 39 heavy (non-hydrogen) atoms. The summed E-state index contributed by atoms with van der Waals surface area (Å²) in [5.41, 5.74) is 1.53. The van der Waals surface area contributed by atoms with E-state index in [4.69, 9.17) is 13.6 Å². The van der Waals surface area contributed by atoms with Crippen molar-refractivity contribution in [1.82, 2.24) is 4.90 Å². The van der Waals surface area contributed by atoms with Crippen LogP contribution in [0.4, 0.5) is 5.69 Å². The van der Waals surface area contributed by atoms with E-state index in [2.05, 4.69) is 75.4 Å². The topological polar surface area (TPSA) is 91.1 Å². The van der Waals surface area contributed by atoms with Crippen molar-refractivity contribution in [2.45, 2.75) is 116 Å². The molecular formula is C29H50N2O6Si2. The van der Waals surface area contributed by atoms with Gasteiger partial charge in [0, 0.05) is 12.3 Å². The number of benzene rings is 1. The van der Waals surface area contributed by atoms with Crippen LogP contribution in [0.25, 0.3) is 0 Å². The predicted octanol–water partition coefficient (Wildman–Crippen LogP) is 8.30. The third-order valence-electron chi connectivity index (χ3n) is 8.69. The molecule has 1 atom stereocenters. The minimum Gasteiger partial charge on any atom is -0.540 e. The maximum absolute atomic E-state index is 13.9. The van der Waals surface area contributed by atoms with Gasteiger partial charge in [0.1, 0.15) is 5.56 Å². The average Bonchev–Trinajstić information content (AvgIpc) is 3.19. The molecule has 1 aliphatic rings. The third-order valence-corrected chi connectivity index (χ3v) is 19.2. The number of ether oxygens (including phenoxy) is 1. The summed E-state index contributed by atoms with van der Waals surface area (Å²) in [6, 6.07) is 2.63. The van der Waals surface area contributed by atoms with E-state index in [1.165, 1.54) is 19.2 Å². The second-order valence-corrected chi connectivity index (χ2v) is 23.5. The standard InChI is InChI=1S/C29H50N2O6Si2/c1-19(2)39(20(3)4,21(5)6)37-27-16-25(31(33)34)24(15-26(27)35-11)28(32)30-17-22(7)14-23(30)18-36-38(12,13)29(8,9)10/h15-17,19-21,23H,14,18H2,1-13H3/t23-/m0/s1. The first-order chi connectivity index (χ1) is 17.8. The molecule has 1 amide bonds. The van der Waals surface area contributed by atoms with E-state index in [0.717, 1.165) is 5.57 Å². The summed E-state index contributed by atoms with van der Waals surface area (Å²) in [6.07, 6.45) is 2.45. The molecule has 0 saturated heterocycles. The van der Waals surface area contributed by atoms with Crippen molar-refractivity contribution in [2.24, 2.45) is 0 Å². The van der Waals surface area contributed by atoms with Gasteiger partial charge >= 0.3 is 0 Å². The Kier molecular flexibility index (Phi) is 10.3. The number of nitrogens with zero attached hydrogens (tertiary/aromatic N) is 2. The van der Waals surface area contributed by atoms with Crippen LogP contribution in [0.1, 0.15) is 86.0 Å². The Morgan fingerprint density at radius 1 is 1.08 bits per heavy atom. The highest BCUT2D eigenvalue weighted by Gasteiger charge is 2.48. The number of hydrogen-bond acceptors (Lipinski definition) is 6. The Balaban J connectivity index is 2.54. The van der Waals surface area contributed by atoms with Gasteiger partial charge in [-0.2, -0.15) is 0 Å². The minimum atomic E-state index is -2.43. The zero-order valence-electron chi connectivity index (χ0n) is 26.3. The second kappa shape index (κ2) is 12.1. The molecule has 0 bridgehead atoms. The zero-order chi connectivity index (χ0) is 30.1. The van der Waals surface area contributed by atoms with Crippen LogP contribution in [-0.2, 0) is 4.43 Å².